The van der Waals surface area contributed by atoms with Crippen molar-refractivity contribution >= 4 is 17.0 Å². The number of ether oxygens (including phenoxy) is 1. The third-order valence-corrected chi connectivity index (χ3v) is 2.07. The summed E-state index contributed by atoms with van der Waals surface area (Å²) in [6.45, 7) is 0. The average molecular weight is 222 g/mol. The molecule has 0 aromatic carbocycles. The normalized spacial score (nSPS) is 10.4. The molecule has 2 heterocycles. The molecule has 0 aliphatic heterocycles. The van der Waals surface area contributed by atoms with Crippen molar-refractivity contribution in [3.8, 4) is 5.88 Å². The predicted octanol–water partition coefficient (Wildman–Crippen LogP) is 1.48. The van der Waals surface area contributed by atoms with Gasteiger partial charge in [0.1, 0.15) is 11.4 Å². The Kier molecular flexibility index (Phi) is 2.40. The van der Waals surface area contributed by atoms with Crippen LogP contribution in [0.25, 0.3) is 11.0 Å². The first kappa shape index (κ1) is 10.3. The molecule has 5 nitrogen and oxygen atoms in total. The van der Waals surface area contributed by atoms with E-state index in [1.165, 1.54) is 13.3 Å². The van der Waals surface area contributed by atoms with Gasteiger partial charge in [-0.3, -0.25) is 0 Å². The standard InChI is InChI=1S/C10H7FN2O3/c1-16-9-6(10(14)15)4-5-7(11)2-3-12-8(5)13-9/h2-4H,1H3,(H,14,15). The molecule has 0 aliphatic rings. The Bertz CT molecular complexity index is 571. The van der Waals surface area contributed by atoms with E-state index in [2.05, 4.69) is 9.97 Å². The van der Waals surface area contributed by atoms with Crippen LogP contribution in [0.5, 0.6) is 5.88 Å². The second kappa shape index (κ2) is 3.73. The van der Waals surface area contributed by atoms with Gasteiger partial charge in [-0.1, -0.05) is 0 Å². The maximum Gasteiger partial charge on any atom is 0.341 e. The van der Waals surface area contributed by atoms with Gasteiger partial charge in [0.05, 0.1) is 12.5 Å². The molecule has 0 unspecified atom stereocenters. The van der Waals surface area contributed by atoms with E-state index in [4.69, 9.17) is 9.84 Å². The first-order chi connectivity index (χ1) is 7.63. The van der Waals surface area contributed by atoms with Crippen molar-refractivity contribution in [1.29, 1.82) is 0 Å². The highest BCUT2D eigenvalue weighted by atomic mass is 19.1. The first-order valence-corrected chi connectivity index (χ1v) is 4.36. The van der Waals surface area contributed by atoms with Crippen molar-refractivity contribution < 1.29 is 19.0 Å². The molecule has 6 heteroatoms. The van der Waals surface area contributed by atoms with Gasteiger partial charge in [-0.15, -0.1) is 0 Å². The molecule has 2 rings (SSSR count). The fraction of sp³-hybridized carbons (Fsp3) is 0.100. The van der Waals surface area contributed by atoms with Crippen molar-refractivity contribution in [2.75, 3.05) is 7.11 Å². The number of fused-ring (bicyclic) bond motifs is 1. The smallest absolute Gasteiger partial charge is 0.341 e. The monoisotopic (exact) mass is 222 g/mol. The molecule has 0 fully saturated rings. The third kappa shape index (κ3) is 1.54. The molecule has 0 saturated carbocycles. The molecule has 0 radical (unpaired) electrons. The fourth-order valence-electron chi connectivity index (χ4n) is 1.33. The van der Waals surface area contributed by atoms with Gasteiger partial charge < -0.3 is 9.84 Å². The number of aromatic carboxylic acids is 1. The van der Waals surface area contributed by atoms with E-state index in [0.717, 1.165) is 12.1 Å². The summed E-state index contributed by atoms with van der Waals surface area (Å²) >= 11 is 0. The number of carboxylic acids is 1. The number of carbonyl (C=O) groups is 1. The van der Waals surface area contributed by atoms with Crippen LogP contribution in [0.4, 0.5) is 4.39 Å². The average Bonchev–Trinajstić information content (AvgIpc) is 2.27. The number of halogens is 1. The summed E-state index contributed by atoms with van der Waals surface area (Å²) in [5, 5.41) is 8.94. The Morgan fingerprint density at radius 3 is 2.94 bits per heavy atom. The summed E-state index contributed by atoms with van der Waals surface area (Å²) < 4.78 is 18.2. The topological polar surface area (TPSA) is 72.3 Å². The molecule has 82 valence electrons. The number of nitrogens with zero attached hydrogens (tertiary/aromatic N) is 2. The van der Waals surface area contributed by atoms with Crippen molar-refractivity contribution in [2.45, 2.75) is 0 Å². The Hall–Kier alpha value is -2.24. The molecule has 0 aliphatic carbocycles. The van der Waals surface area contributed by atoms with Gasteiger partial charge in [-0.2, -0.15) is 4.98 Å². The van der Waals surface area contributed by atoms with Gasteiger partial charge in [0.15, 0.2) is 5.65 Å². The van der Waals surface area contributed by atoms with E-state index in [1.54, 1.807) is 0 Å². The van der Waals surface area contributed by atoms with Crippen LogP contribution in [0.1, 0.15) is 10.4 Å². The van der Waals surface area contributed by atoms with Crippen LogP contribution < -0.4 is 4.74 Å². The molecule has 1 N–H and O–H groups in total. The van der Waals surface area contributed by atoms with Gasteiger partial charge >= 0.3 is 5.97 Å². The number of methoxy groups -OCH3 is 1. The van der Waals surface area contributed by atoms with E-state index in [9.17, 15) is 9.18 Å². The minimum atomic E-state index is -1.23. The summed E-state index contributed by atoms with van der Waals surface area (Å²) in [4.78, 5) is 18.5. The SMILES string of the molecule is COc1nc2nccc(F)c2cc1C(=O)O. The Morgan fingerprint density at radius 2 is 2.31 bits per heavy atom. The number of hydrogen-bond acceptors (Lipinski definition) is 4. The van der Waals surface area contributed by atoms with Crippen LogP contribution >= 0.6 is 0 Å². The second-order valence-corrected chi connectivity index (χ2v) is 3.01. The van der Waals surface area contributed by atoms with Gasteiger partial charge in [0.2, 0.25) is 5.88 Å². The number of aromatic nitrogens is 2. The molecule has 16 heavy (non-hydrogen) atoms. The van der Waals surface area contributed by atoms with Crippen LogP contribution in [0.2, 0.25) is 0 Å². The Labute approximate surface area is 89.5 Å². The quantitative estimate of drug-likeness (QED) is 0.833. The van der Waals surface area contributed by atoms with E-state index < -0.39 is 11.8 Å². The van der Waals surface area contributed by atoms with Crippen LogP contribution in [0.3, 0.4) is 0 Å². The van der Waals surface area contributed by atoms with Gasteiger partial charge in [0.25, 0.3) is 0 Å². The number of carboxylic acid groups (broad SMARTS) is 1. The zero-order valence-corrected chi connectivity index (χ0v) is 8.27. The van der Waals surface area contributed by atoms with Gasteiger partial charge in [-0.05, 0) is 12.1 Å². The lowest BCUT2D eigenvalue weighted by Crippen LogP contribution is -2.03. The van der Waals surface area contributed by atoms with Crippen molar-refractivity contribution in [2.24, 2.45) is 0 Å². The molecule has 0 amide bonds. The molecule has 0 bridgehead atoms. The maximum atomic E-state index is 13.4. The zero-order valence-electron chi connectivity index (χ0n) is 8.27. The predicted molar refractivity (Wildman–Crippen MR) is 53.0 cm³/mol. The summed E-state index contributed by atoms with van der Waals surface area (Å²) in [5.41, 5.74) is -0.0799. The van der Waals surface area contributed by atoms with Crippen molar-refractivity contribution in [3.63, 3.8) is 0 Å². The Morgan fingerprint density at radius 1 is 1.56 bits per heavy atom. The molecular weight excluding hydrogens is 215 g/mol. The highest BCUT2D eigenvalue weighted by molar-refractivity contribution is 5.94. The van der Waals surface area contributed by atoms with Crippen molar-refractivity contribution in [1.82, 2.24) is 9.97 Å². The fourth-order valence-corrected chi connectivity index (χ4v) is 1.33. The molecule has 2 aromatic rings. The number of hydrogen-bond donors (Lipinski definition) is 1. The minimum Gasteiger partial charge on any atom is -0.480 e. The maximum absolute atomic E-state index is 13.4. The zero-order chi connectivity index (χ0) is 11.7. The summed E-state index contributed by atoms with van der Waals surface area (Å²) in [5.74, 6) is -1.88. The first-order valence-electron chi connectivity index (χ1n) is 4.36. The highest BCUT2D eigenvalue weighted by Crippen LogP contribution is 2.22. The second-order valence-electron chi connectivity index (χ2n) is 3.01. The van der Waals surface area contributed by atoms with Crippen molar-refractivity contribution in [3.05, 3.63) is 29.7 Å². The summed E-state index contributed by atoms with van der Waals surface area (Å²) in [6, 6.07) is 2.30. The van der Waals surface area contributed by atoms with Crippen LogP contribution in [0, 0.1) is 5.82 Å². The van der Waals surface area contributed by atoms with Crippen LogP contribution in [-0.2, 0) is 0 Å². The third-order valence-electron chi connectivity index (χ3n) is 2.07. The van der Waals surface area contributed by atoms with Gasteiger partial charge in [0, 0.05) is 6.20 Å². The lowest BCUT2D eigenvalue weighted by molar-refractivity contribution is 0.0692. The largest absolute Gasteiger partial charge is 0.480 e. The lowest BCUT2D eigenvalue weighted by atomic mass is 10.2. The van der Waals surface area contributed by atoms with E-state index in [1.807, 2.05) is 0 Å². The number of pyridine rings is 2. The van der Waals surface area contributed by atoms with Gasteiger partial charge in [-0.25, -0.2) is 14.2 Å². The van der Waals surface area contributed by atoms with E-state index in [0.29, 0.717) is 0 Å². The summed E-state index contributed by atoms with van der Waals surface area (Å²) in [6.07, 6.45) is 1.25. The minimum absolute atomic E-state index is 0.0562. The highest BCUT2D eigenvalue weighted by Gasteiger charge is 2.15. The number of rotatable bonds is 2. The molecule has 0 saturated heterocycles. The molecule has 2 aromatic heterocycles. The Balaban J connectivity index is 2.81. The molecule has 0 atom stereocenters. The van der Waals surface area contributed by atoms with E-state index >= 15 is 0 Å². The summed E-state index contributed by atoms with van der Waals surface area (Å²) in [7, 11) is 1.29. The molecular formula is C10H7FN2O3. The molecule has 0 spiro atoms. The van der Waals surface area contributed by atoms with E-state index in [-0.39, 0.29) is 22.5 Å². The van der Waals surface area contributed by atoms with Crippen LogP contribution in [0.15, 0.2) is 18.3 Å². The van der Waals surface area contributed by atoms with Crippen LogP contribution in [-0.4, -0.2) is 28.2 Å². The lowest BCUT2D eigenvalue weighted by Gasteiger charge is -2.05.